The molecule has 0 unspecified atom stereocenters. The van der Waals surface area contributed by atoms with Crippen LogP contribution in [0.15, 0.2) is 65.8 Å². The van der Waals surface area contributed by atoms with Crippen molar-refractivity contribution in [2.75, 3.05) is 19.5 Å². The molecule has 140 valence electrons. The van der Waals surface area contributed by atoms with E-state index >= 15 is 0 Å². The van der Waals surface area contributed by atoms with Gasteiger partial charge in [0.05, 0.1) is 20.4 Å². The number of hydrogen-bond donors (Lipinski definition) is 1. The third-order valence-electron chi connectivity index (χ3n) is 4.21. The van der Waals surface area contributed by atoms with E-state index in [0.29, 0.717) is 17.4 Å². The molecule has 0 aliphatic heterocycles. The number of hydrogen-bond acceptors (Lipinski definition) is 7. The second-order valence-corrected chi connectivity index (χ2v) is 5.90. The number of methoxy groups -OCH3 is 2. The summed E-state index contributed by atoms with van der Waals surface area (Å²) in [6, 6.07) is 19.6. The minimum Gasteiger partial charge on any atom is -0.493 e. The van der Waals surface area contributed by atoms with Crippen molar-refractivity contribution in [1.29, 1.82) is 0 Å². The molecular formula is C20H18N6O2. The number of benzene rings is 3. The van der Waals surface area contributed by atoms with Crippen LogP contribution in [0.4, 0.5) is 11.6 Å². The summed E-state index contributed by atoms with van der Waals surface area (Å²) >= 11 is 0. The maximum absolute atomic E-state index is 5.31. The molecule has 0 bridgehead atoms. The SMILES string of the molecule is COc1ccc(/C=N\n2nnnc2Nc2cccc3ccccc23)cc1OC. The molecule has 1 aromatic heterocycles. The highest BCUT2D eigenvalue weighted by atomic mass is 16.5. The van der Waals surface area contributed by atoms with Gasteiger partial charge in [-0.05, 0) is 45.6 Å². The summed E-state index contributed by atoms with van der Waals surface area (Å²) in [5, 5.41) is 21.4. The van der Waals surface area contributed by atoms with Gasteiger partial charge in [0.2, 0.25) is 0 Å². The molecule has 0 amide bonds. The van der Waals surface area contributed by atoms with Gasteiger partial charge < -0.3 is 14.8 Å². The summed E-state index contributed by atoms with van der Waals surface area (Å²) < 4.78 is 10.6. The lowest BCUT2D eigenvalue weighted by Crippen LogP contribution is -2.02. The molecule has 1 heterocycles. The first-order valence-corrected chi connectivity index (χ1v) is 8.58. The molecule has 0 atom stereocenters. The molecule has 0 saturated carbocycles. The van der Waals surface area contributed by atoms with Gasteiger partial charge in [0.15, 0.2) is 11.5 Å². The first-order valence-electron chi connectivity index (χ1n) is 8.58. The number of nitrogens with zero attached hydrogens (tertiary/aromatic N) is 5. The molecule has 0 saturated heterocycles. The van der Waals surface area contributed by atoms with Crippen LogP contribution in [0.3, 0.4) is 0 Å². The maximum atomic E-state index is 5.31. The molecule has 3 aromatic carbocycles. The van der Waals surface area contributed by atoms with Gasteiger partial charge in [-0.25, -0.2) is 0 Å². The second kappa shape index (κ2) is 7.75. The summed E-state index contributed by atoms with van der Waals surface area (Å²) in [6.07, 6.45) is 1.65. The topological polar surface area (TPSA) is 86.5 Å². The van der Waals surface area contributed by atoms with Crippen molar-refractivity contribution in [2.45, 2.75) is 0 Å². The van der Waals surface area contributed by atoms with Gasteiger partial charge in [0.25, 0.3) is 5.95 Å². The van der Waals surface area contributed by atoms with E-state index in [0.717, 1.165) is 22.0 Å². The van der Waals surface area contributed by atoms with Crippen LogP contribution in [0.25, 0.3) is 10.8 Å². The molecule has 28 heavy (non-hydrogen) atoms. The molecule has 8 heteroatoms. The van der Waals surface area contributed by atoms with E-state index in [1.54, 1.807) is 20.4 Å². The monoisotopic (exact) mass is 374 g/mol. The minimum absolute atomic E-state index is 0.410. The number of rotatable bonds is 6. The predicted molar refractivity (Wildman–Crippen MR) is 108 cm³/mol. The highest BCUT2D eigenvalue weighted by Crippen LogP contribution is 2.27. The van der Waals surface area contributed by atoms with Crippen molar-refractivity contribution in [2.24, 2.45) is 5.10 Å². The van der Waals surface area contributed by atoms with Gasteiger partial charge in [-0.3, -0.25) is 0 Å². The van der Waals surface area contributed by atoms with Gasteiger partial charge in [-0.2, -0.15) is 5.10 Å². The Morgan fingerprint density at radius 1 is 0.964 bits per heavy atom. The summed E-state index contributed by atoms with van der Waals surface area (Å²) in [5.74, 6) is 1.69. The lowest BCUT2D eigenvalue weighted by molar-refractivity contribution is 0.355. The summed E-state index contributed by atoms with van der Waals surface area (Å²) in [7, 11) is 3.18. The molecule has 1 N–H and O–H groups in total. The van der Waals surface area contributed by atoms with Crippen molar-refractivity contribution in [3.63, 3.8) is 0 Å². The molecule has 0 radical (unpaired) electrons. The van der Waals surface area contributed by atoms with Gasteiger partial charge in [0, 0.05) is 11.1 Å². The summed E-state index contributed by atoms with van der Waals surface area (Å²) in [6.45, 7) is 0. The summed E-state index contributed by atoms with van der Waals surface area (Å²) in [5.41, 5.74) is 1.72. The Bertz CT molecular complexity index is 1130. The zero-order valence-electron chi connectivity index (χ0n) is 15.4. The van der Waals surface area contributed by atoms with Crippen LogP contribution in [0.5, 0.6) is 11.5 Å². The minimum atomic E-state index is 0.410. The molecule has 8 nitrogen and oxygen atoms in total. The van der Waals surface area contributed by atoms with Crippen molar-refractivity contribution in [3.8, 4) is 11.5 Å². The van der Waals surface area contributed by atoms with Crippen LogP contribution in [0.1, 0.15) is 5.56 Å². The normalized spacial score (nSPS) is 11.1. The van der Waals surface area contributed by atoms with E-state index in [4.69, 9.17) is 9.47 Å². The number of ether oxygens (including phenoxy) is 2. The van der Waals surface area contributed by atoms with Crippen LogP contribution in [-0.2, 0) is 0 Å². The number of fused-ring (bicyclic) bond motifs is 1. The molecular weight excluding hydrogens is 356 g/mol. The second-order valence-electron chi connectivity index (χ2n) is 5.90. The van der Waals surface area contributed by atoms with Gasteiger partial charge >= 0.3 is 0 Å². The van der Waals surface area contributed by atoms with Crippen LogP contribution >= 0.6 is 0 Å². The Morgan fingerprint density at radius 3 is 2.64 bits per heavy atom. The van der Waals surface area contributed by atoms with Gasteiger partial charge in [-0.1, -0.05) is 46.3 Å². The van der Waals surface area contributed by atoms with Gasteiger partial charge in [0.1, 0.15) is 0 Å². The van der Waals surface area contributed by atoms with E-state index in [-0.39, 0.29) is 0 Å². The molecule has 0 aliphatic rings. The smallest absolute Gasteiger partial charge is 0.269 e. The number of tetrazole rings is 1. The van der Waals surface area contributed by atoms with Crippen LogP contribution in [-0.4, -0.2) is 40.8 Å². The van der Waals surface area contributed by atoms with Crippen molar-refractivity contribution in [1.82, 2.24) is 20.3 Å². The average Bonchev–Trinajstić information content (AvgIpc) is 3.19. The molecule has 0 spiro atoms. The fourth-order valence-corrected chi connectivity index (χ4v) is 2.84. The van der Waals surface area contributed by atoms with E-state index < -0.39 is 0 Å². The number of anilines is 2. The Labute approximate surface area is 161 Å². The van der Waals surface area contributed by atoms with Crippen LogP contribution < -0.4 is 14.8 Å². The zero-order chi connectivity index (χ0) is 19.3. The highest BCUT2D eigenvalue weighted by Gasteiger charge is 2.08. The molecule has 0 fully saturated rings. The fraction of sp³-hybridized carbons (Fsp3) is 0.100. The maximum Gasteiger partial charge on any atom is 0.269 e. The molecule has 0 aliphatic carbocycles. The summed E-state index contributed by atoms with van der Waals surface area (Å²) in [4.78, 5) is 1.33. The van der Waals surface area contributed by atoms with E-state index in [9.17, 15) is 0 Å². The largest absolute Gasteiger partial charge is 0.493 e. The quantitative estimate of drug-likeness (QED) is 0.520. The molecule has 4 aromatic rings. The lowest BCUT2D eigenvalue weighted by atomic mass is 10.1. The Hall–Kier alpha value is -3.94. The predicted octanol–water partition coefficient (Wildman–Crippen LogP) is 3.47. The average molecular weight is 374 g/mol. The van der Waals surface area contributed by atoms with E-state index in [1.807, 2.05) is 48.5 Å². The lowest BCUT2D eigenvalue weighted by Gasteiger charge is -2.08. The third-order valence-corrected chi connectivity index (χ3v) is 4.21. The van der Waals surface area contributed by atoms with E-state index in [2.05, 4.69) is 38.1 Å². The third kappa shape index (κ3) is 3.48. The van der Waals surface area contributed by atoms with E-state index in [1.165, 1.54) is 4.79 Å². The van der Waals surface area contributed by atoms with Crippen LogP contribution in [0, 0.1) is 0 Å². The Balaban J connectivity index is 1.60. The number of aromatic nitrogens is 4. The Kier molecular flexibility index (Phi) is 4.83. The standard InChI is InChI=1S/C20H18N6O2/c1-27-18-11-10-14(12-19(18)28-2)13-21-26-20(23-24-25-26)22-17-9-5-7-15-6-3-4-8-16(15)17/h3-13H,1-2H3,(H,22,23,25)/b21-13-. The van der Waals surface area contributed by atoms with Crippen molar-refractivity contribution in [3.05, 3.63) is 66.2 Å². The van der Waals surface area contributed by atoms with Gasteiger partial charge in [-0.15, -0.1) is 0 Å². The van der Waals surface area contributed by atoms with Crippen LogP contribution in [0.2, 0.25) is 0 Å². The first-order chi connectivity index (χ1) is 13.8. The fourth-order valence-electron chi connectivity index (χ4n) is 2.84. The molecule has 4 rings (SSSR count). The first kappa shape index (κ1) is 17.5. The van der Waals surface area contributed by atoms with Crippen molar-refractivity contribution >= 4 is 28.6 Å². The Morgan fingerprint density at radius 2 is 1.79 bits per heavy atom. The zero-order valence-corrected chi connectivity index (χ0v) is 15.4. The van der Waals surface area contributed by atoms with Crippen molar-refractivity contribution < 1.29 is 9.47 Å². The number of nitrogens with one attached hydrogen (secondary N) is 1. The highest BCUT2D eigenvalue weighted by molar-refractivity contribution is 5.94.